The van der Waals surface area contributed by atoms with Gasteiger partial charge in [-0.1, -0.05) is 50.2 Å². The minimum atomic E-state index is -1.30. The van der Waals surface area contributed by atoms with Gasteiger partial charge in [-0.15, -0.1) is 0 Å². The van der Waals surface area contributed by atoms with Crippen molar-refractivity contribution >= 4 is 6.16 Å². The van der Waals surface area contributed by atoms with E-state index < -0.39 is 6.16 Å². The van der Waals surface area contributed by atoms with Gasteiger partial charge in [0.05, 0.1) is 0 Å². The summed E-state index contributed by atoms with van der Waals surface area (Å²) < 4.78 is 4.57. The van der Waals surface area contributed by atoms with Gasteiger partial charge in [0.1, 0.15) is 5.75 Å². The second kappa shape index (κ2) is 5.57. The van der Waals surface area contributed by atoms with Crippen molar-refractivity contribution in [3.05, 3.63) is 54.1 Å². The molecule has 0 aliphatic carbocycles. The molecule has 0 amide bonds. The second-order valence-corrected chi connectivity index (χ2v) is 4.67. The molecule has 0 fully saturated rings. The molecule has 0 aromatic heterocycles. The lowest BCUT2D eigenvalue weighted by atomic mass is 9.99. The number of hydrogen-bond donors (Lipinski definition) is 1. The van der Waals surface area contributed by atoms with Gasteiger partial charge in [-0.05, 0) is 34.7 Å². The second-order valence-electron chi connectivity index (χ2n) is 4.67. The van der Waals surface area contributed by atoms with Crippen LogP contribution in [0.25, 0.3) is 11.1 Å². The molecule has 2 aromatic rings. The van der Waals surface area contributed by atoms with Gasteiger partial charge in [0, 0.05) is 0 Å². The zero-order valence-corrected chi connectivity index (χ0v) is 11.0. The number of carboxylic acid groups (broad SMARTS) is 1. The maximum absolute atomic E-state index is 10.4. The van der Waals surface area contributed by atoms with E-state index in [9.17, 15) is 4.79 Å². The molecule has 0 saturated carbocycles. The summed E-state index contributed by atoms with van der Waals surface area (Å²) >= 11 is 0. The first kappa shape index (κ1) is 13.1. The molecule has 0 atom stereocenters. The van der Waals surface area contributed by atoms with E-state index >= 15 is 0 Å². The quantitative estimate of drug-likeness (QED) is 0.648. The lowest BCUT2D eigenvalue weighted by Crippen LogP contribution is -2.02. The molecule has 0 unspecified atom stereocenters. The van der Waals surface area contributed by atoms with Crippen molar-refractivity contribution in [2.45, 2.75) is 19.8 Å². The summed E-state index contributed by atoms with van der Waals surface area (Å²) in [5, 5.41) is 8.51. The lowest BCUT2D eigenvalue weighted by molar-refractivity contribution is 0.144. The van der Waals surface area contributed by atoms with Gasteiger partial charge in [0.25, 0.3) is 0 Å². The molecule has 0 aliphatic rings. The molecular weight excluding hydrogens is 240 g/mol. The first-order valence-electron chi connectivity index (χ1n) is 6.17. The summed E-state index contributed by atoms with van der Waals surface area (Å²) in [7, 11) is 0. The molecule has 0 radical (unpaired) electrons. The van der Waals surface area contributed by atoms with Crippen LogP contribution < -0.4 is 4.74 Å². The standard InChI is InChI=1S/C16H16O3/c1-11(2)12-3-5-13(6-4-12)14-7-9-15(10-8-14)19-16(17)18/h3-11H,1-2H3,(H,17,18). The fourth-order valence-corrected chi connectivity index (χ4v) is 1.88. The largest absolute Gasteiger partial charge is 0.511 e. The zero-order valence-electron chi connectivity index (χ0n) is 11.0. The minimum absolute atomic E-state index is 0.329. The predicted molar refractivity (Wildman–Crippen MR) is 74.6 cm³/mol. The van der Waals surface area contributed by atoms with Gasteiger partial charge < -0.3 is 9.84 Å². The molecule has 3 nitrogen and oxygen atoms in total. The third-order valence-corrected chi connectivity index (χ3v) is 2.97. The monoisotopic (exact) mass is 256 g/mol. The highest BCUT2D eigenvalue weighted by atomic mass is 16.7. The van der Waals surface area contributed by atoms with Crippen molar-refractivity contribution in [3.8, 4) is 16.9 Å². The van der Waals surface area contributed by atoms with Crippen molar-refractivity contribution in [1.82, 2.24) is 0 Å². The number of benzene rings is 2. The summed E-state index contributed by atoms with van der Waals surface area (Å²) in [4.78, 5) is 10.4. The van der Waals surface area contributed by atoms with E-state index in [1.807, 2.05) is 12.1 Å². The average molecular weight is 256 g/mol. The molecule has 2 rings (SSSR count). The Balaban J connectivity index is 2.19. The first-order valence-corrected chi connectivity index (χ1v) is 6.17. The number of rotatable bonds is 3. The van der Waals surface area contributed by atoms with Crippen molar-refractivity contribution in [3.63, 3.8) is 0 Å². The molecule has 0 heterocycles. The number of hydrogen-bond acceptors (Lipinski definition) is 2. The Morgan fingerprint density at radius 3 is 1.84 bits per heavy atom. The summed E-state index contributed by atoms with van der Waals surface area (Å²) in [6.45, 7) is 4.32. The smallest absolute Gasteiger partial charge is 0.449 e. The van der Waals surface area contributed by atoms with Crippen molar-refractivity contribution < 1.29 is 14.6 Å². The van der Waals surface area contributed by atoms with E-state index in [4.69, 9.17) is 5.11 Å². The van der Waals surface area contributed by atoms with Crippen molar-refractivity contribution in [2.24, 2.45) is 0 Å². The van der Waals surface area contributed by atoms with Crippen LogP contribution in [-0.4, -0.2) is 11.3 Å². The highest BCUT2D eigenvalue weighted by Crippen LogP contribution is 2.24. The first-order chi connectivity index (χ1) is 9.06. The molecule has 3 heteroatoms. The normalized spacial score (nSPS) is 10.5. The molecule has 19 heavy (non-hydrogen) atoms. The van der Waals surface area contributed by atoms with E-state index in [2.05, 4.69) is 42.8 Å². The van der Waals surface area contributed by atoms with Crippen molar-refractivity contribution in [2.75, 3.05) is 0 Å². The highest BCUT2D eigenvalue weighted by molar-refractivity contribution is 5.66. The molecule has 0 bridgehead atoms. The minimum Gasteiger partial charge on any atom is -0.449 e. The van der Waals surface area contributed by atoms with Crippen LogP contribution in [0.5, 0.6) is 5.75 Å². The maximum atomic E-state index is 10.4. The predicted octanol–water partition coefficient (Wildman–Crippen LogP) is 4.53. The average Bonchev–Trinajstić information content (AvgIpc) is 2.39. The molecule has 2 aromatic carbocycles. The van der Waals surface area contributed by atoms with Gasteiger partial charge in [0.15, 0.2) is 0 Å². The Morgan fingerprint density at radius 1 is 0.947 bits per heavy atom. The Labute approximate surface area is 112 Å². The van der Waals surface area contributed by atoms with E-state index in [0.717, 1.165) is 11.1 Å². The van der Waals surface area contributed by atoms with Gasteiger partial charge >= 0.3 is 6.16 Å². The van der Waals surface area contributed by atoms with Crippen molar-refractivity contribution in [1.29, 1.82) is 0 Å². The zero-order chi connectivity index (χ0) is 13.8. The Morgan fingerprint density at radius 2 is 1.42 bits per heavy atom. The Kier molecular flexibility index (Phi) is 3.85. The fourth-order valence-electron chi connectivity index (χ4n) is 1.88. The van der Waals surface area contributed by atoms with Crippen LogP contribution in [0.2, 0.25) is 0 Å². The number of ether oxygens (including phenoxy) is 1. The van der Waals surface area contributed by atoms with Gasteiger partial charge in [-0.3, -0.25) is 0 Å². The van der Waals surface area contributed by atoms with Crippen LogP contribution >= 0.6 is 0 Å². The van der Waals surface area contributed by atoms with E-state index in [-0.39, 0.29) is 0 Å². The molecule has 1 N–H and O–H groups in total. The SMILES string of the molecule is CC(C)c1ccc(-c2ccc(OC(=O)O)cc2)cc1. The molecule has 0 saturated heterocycles. The fraction of sp³-hybridized carbons (Fsp3) is 0.188. The van der Waals surface area contributed by atoms with Gasteiger partial charge in [0.2, 0.25) is 0 Å². The summed E-state index contributed by atoms with van der Waals surface area (Å²) in [5.74, 6) is 0.843. The summed E-state index contributed by atoms with van der Waals surface area (Å²) in [6, 6.07) is 15.4. The van der Waals surface area contributed by atoms with Crippen LogP contribution in [-0.2, 0) is 0 Å². The van der Waals surface area contributed by atoms with Crippen LogP contribution in [0.3, 0.4) is 0 Å². The van der Waals surface area contributed by atoms with Gasteiger partial charge in [-0.25, -0.2) is 4.79 Å². The van der Waals surface area contributed by atoms with Crippen LogP contribution in [0, 0.1) is 0 Å². The van der Waals surface area contributed by atoms with E-state index in [1.54, 1.807) is 12.1 Å². The molecule has 0 spiro atoms. The topological polar surface area (TPSA) is 46.5 Å². The molecule has 0 aliphatic heterocycles. The van der Waals surface area contributed by atoms with E-state index in [0.29, 0.717) is 11.7 Å². The Bertz CT molecular complexity index is 554. The lowest BCUT2D eigenvalue weighted by Gasteiger charge is -2.07. The summed E-state index contributed by atoms with van der Waals surface area (Å²) in [6.07, 6.45) is -1.30. The third kappa shape index (κ3) is 3.35. The van der Waals surface area contributed by atoms with Crippen LogP contribution in [0.1, 0.15) is 25.3 Å². The summed E-state index contributed by atoms with van der Waals surface area (Å²) in [5.41, 5.74) is 3.44. The molecule has 98 valence electrons. The highest BCUT2D eigenvalue weighted by Gasteiger charge is 2.03. The van der Waals surface area contributed by atoms with E-state index in [1.165, 1.54) is 5.56 Å². The number of carbonyl (C=O) groups is 1. The molecular formula is C16H16O3. The van der Waals surface area contributed by atoms with Gasteiger partial charge in [-0.2, -0.15) is 0 Å². The Hall–Kier alpha value is -2.29. The van der Waals surface area contributed by atoms with Crippen LogP contribution in [0.15, 0.2) is 48.5 Å². The maximum Gasteiger partial charge on any atom is 0.511 e. The van der Waals surface area contributed by atoms with Crippen LogP contribution in [0.4, 0.5) is 4.79 Å². The third-order valence-electron chi connectivity index (χ3n) is 2.97.